The van der Waals surface area contributed by atoms with Crippen LogP contribution in [0, 0.1) is 41.4 Å². The number of nitriles is 1. The van der Waals surface area contributed by atoms with Gasteiger partial charge in [0.15, 0.2) is 11.7 Å². The topological polar surface area (TPSA) is 189 Å². The van der Waals surface area contributed by atoms with Crippen LogP contribution in [-0.4, -0.2) is 97.6 Å². The molecule has 14 nitrogen and oxygen atoms in total. The zero-order chi connectivity index (χ0) is 46.9. The van der Waals surface area contributed by atoms with Crippen LogP contribution in [0.1, 0.15) is 80.9 Å². The van der Waals surface area contributed by atoms with Crippen molar-refractivity contribution in [3.63, 3.8) is 0 Å². The molecular formula is C50H62F2N8O6. The number of nitrogens with zero attached hydrogens (tertiary/aromatic N) is 6. The molecule has 0 radical (unpaired) electrons. The fourth-order valence-electron chi connectivity index (χ4n) is 8.00. The number of benzene rings is 4. The Labute approximate surface area is 386 Å². The van der Waals surface area contributed by atoms with Gasteiger partial charge in [-0.3, -0.25) is 0 Å². The first-order valence-electron chi connectivity index (χ1n) is 22.7. The normalized spacial score (nSPS) is 15.2. The Kier molecular flexibility index (Phi) is 21.1. The quantitative estimate of drug-likeness (QED) is 0.0147. The molecule has 4 aromatic rings. The van der Waals surface area contributed by atoms with Crippen molar-refractivity contribution >= 4 is 17.4 Å². The van der Waals surface area contributed by atoms with Crippen molar-refractivity contribution in [2.24, 2.45) is 33.6 Å². The molecule has 2 aliphatic heterocycles. The van der Waals surface area contributed by atoms with E-state index in [2.05, 4.69) is 31.0 Å². The average molecular weight is 909 g/mol. The van der Waals surface area contributed by atoms with Crippen LogP contribution in [0.15, 0.2) is 95.2 Å². The van der Waals surface area contributed by atoms with Crippen LogP contribution < -0.4 is 30.4 Å². The molecule has 2 saturated heterocycles. The molecule has 0 bridgehead atoms. The van der Waals surface area contributed by atoms with Gasteiger partial charge in [0.1, 0.15) is 34.6 Å². The highest BCUT2D eigenvalue weighted by Gasteiger charge is 2.20. The lowest BCUT2D eigenvalue weighted by Gasteiger charge is -2.32. The maximum Gasteiger partial charge on any atom is 0.222 e. The third kappa shape index (κ3) is 17.1. The predicted molar refractivity (Wildman–Crippen MR) is 250 cm³/mol. The summed E-state index contributed by atoms with van der Waals surface area (Å²) in [5.41, 5.74) is 12.4. The molecule has 0 saturated carbocycles. The lowest BCUT2D eigenvalue weighted by molar-refractivity contribution is 0.161. The van der Waals surface area contributed by atoms with E-state index in [1.54, 1.807) is 36.4 Å². The summed E-state index contributed by atoms with van der Waals surface area (Å²) >= 11 is 0. The van der Waals surface area contributed by atoms with Crippen molar-refractivity contribution in [1.29, 1.82) is 5.26 Å². The summed E-state index contributed by atoms with van der Waals surface area (Å²) < 4.78 is 50.4. The van der Waals surface area contributed by atoms with Gasteiger partial charge in [-0.25, -0.2) is 13.6 Å². The second-order valence-corrected chi connectivity index (χ2v) is 16.5. The molecule has 0 aromatic heterocycles. The van der Waals surface area contributed by atoms with Crippen molar-refractivity contribution < 1.29 is 38.1 Å². The number of ether oxygens (including phenoxy) is 4. The summed E-state index contributed by atoms with van der Waals surface area (Å²) in [5, 5.41) is 32.0. The molecule has 2 aliphatic rings. The van der Waals surface area contributed by atoms with Gasteiger partial charge in [0.05, 0.1) is 50.2 Å². The maximum absolute atomic E-state index is 14.0. The van der Waals surface area contributed by atoms with E-state index < -0.39 is 11.6 Å². The summed E-state index contributed by atoms with van der Waals surface area (Å²) in [7, 11) is 0. The fourth-order valence-corrected chi connectivity index (χ4v) is 8.00. The van der Waals surface area contributed by atoms with E-state index in [9.17, 15) is 8.78 Å². The molecule has 0 unspecified atom stereocenters. The lowest BCUT2D eigenvalue weighted by atomic mass is 9.92. The summed E-state index contributed by atoms with van der Waals surface area (Å²) in [6, 6.07) is 25.2. The first kappa shape index (κ1) is 50.4. The van der Waals surface area contributed by atoms with Crippen LogP contribution in [0.4, 0.5) is 14.5 Å². The van der Waals surface area contributed by atoms with E-state index >= 15 is 0 Å². The molecule has 0 aliphatic carbocycles. The number of oxime groups is 2. The highest BCUT2D eigenvalue weighted by Crippen LogP contribution is 2.26. The zero-order valence-electron chi connectivity index (χ0n) is 37.5. The Bertz CT molecular complexity index is 2220. The zero-order valence-corrected chi connectivity index (χ0v) is 37.5. The van der Waals surface area contributed by atoms with E-state index in [0.717, 1.165) is 88.8 Å². The van der Waals surface area contributed by atoms with E-state index in [1.165, 1.54) is 56.4 Å². The van der Waals surface area contributed by atoms with Crippen molar-refractivity contribution in [2.75, 3.05) is 65.7 Å². The first-order valence-corrected chi connectivity index (χ1v) is 22.7. The van der Waals surface area contributed by atoms with Gasteiger partial charge < -0.3 is 50.6 Å². The number of piperidine rings is 2. The largest absolute Gasteiger partial charge is 0.494 e. The number of nitrogens with two attached hydrogens (primary N) is 2. The van der Waals surface area contributed by atoms with Crippen LogP contribution >= 0.6 is 0 Å². The molecule has 4 aromatic carbocycles. The number of halogens is 2. The minimum Gasteiger partial charge on any atom is -0.494 e. The minimum absolute atomic E-state index is 0.0241. The van der Waals surface area contributed by atoms with Crippen LogP contribution in [-0.2, 0) is 0 Å². The number of likely N-dealkylation sites (tertiary alicyclic amines) is 2. The second-order valence-electron chi connectivity index (χ2n) is 16.5. The standard InChI is InChI=1S/C25H34FN5O4.C25H28FN3O2/c26-23-17-21(8-9-22(23)25(28)30-33)35-16-2-12-31-13-10-18(11-14-31)3-1-15-34-20-6-4-19(5-7-20)24(27)29-32;1-28-25-10-9-23(18-24(25)26)31-17-3-13-29-14-11-20(12-15-29)4-2-16-30-22-7-5-21(19-27)6-8-22/h4-9,17-18,32-33H,1-3,10-16H2,(H2,27,29)(H2,28,30);5-10,18,20H,2-4,11-17H2. The molecule has 6 N–H and O–H groups in total. The highest BCUT2D eigenvalue weighted by molar-refractivity contribution is 5.97. The molecule has 0 atom stereocenters. The molecule has 16 heteroatoms. The van der Waals surface area contributed by atoms with Crippen molar-refractivity contribution in [3.05, 3.63) is 125 Å². The summed E-state index contributed by atoms with van der Waals surface area (Å²) in [6.07, 6.45) is 10.9. The molecule has 66 heavy (non-hydrogen) atoms. The summed E-state index contributed by atoms with van der Waals surface area (Å²) in [6.45, 7) is 15.6. The van der Waals surface area contributed by atoms with Gasteiger partial charge in [-0.05, 0) is 175 Å². The number of rotatable bonds is 22. The van der Waals surface area contributed by atoms with Crippen LogP contribution in [0.3, 0.4) is 0 Å². The Balaban J connectivity index is 0.000000249. The molecular weight excluding hydrogens is 847 g/mol. The van der Waals surface area contributed by atoms with Gasteiger partial charge in [0, 0.05) is 30.8 Å². The molecule has 2 heterocycles. The Morgan fingerprint density at radius 1 is 0.636 bits per heavy atom. The van der Waals surface area contributed by atoms with E-state index in [4.69, 9.17) is 52.7 Å². The number of hydrogen-bond donors (Lipinski definition) is 4. The van der Waals surface area contributed by atoms with E-state index in [1.807, 2.05) is 24.3 Å². The van der Waals surface area contributed by atoms with Gasteiger partial charge in [-0.2, -0.15) is 5.26 Å². The summed E-state index contributed by atoms with van der Waals surface area (Å²) in [5.74, 6) is 2.67. The number of amidine groups is 2. The van der Waals surface area contributed by atoms with Crippen LogP contribution in [0.2, 0.25) is 0 Å². The SMILES string of the molecule is N/C(=N\O)c1ccc(OCCCC2CCN(CCCOc3ccc(/C(N)=N/O)c(F)c3)CC2)cc1.[C-]#[N+]c1ccc(OCCCN2CCC(CCCOc3ccc(C#N)cc3)CC2)cc1F. The predicted octanol–water partition coefficient (Wildman–Crippen LogP) is 8.94. The second kappa shape index (κ2) is 27.6. The molecule has 2 fully saturated rings. The molecule has 0 amide bonds. The van der Waals surface area contributed by atoms with Gasteiger partial charge in [-0.15, -0.1) is 0 Å². The minimum atomic E-state index is -0.582. The summed E-state index contributed by atoms with van der Waals surface area (Å²) in [4.78, 5) is 8.03. The van der Waals surface area contributed by atoms with Gasteiger partial charge >= 0.3 is 0 Å². The monoisotopic (exact) mass is 908 g/mol. The fraction of sp³-hybridized carbons (Fsp3) is 0.440. The third-order valence-electron chi connectivity index (χ3n) is 11.8. The number of hydrogen-bond acceptors (Lipinski definition) is 11. The smallest absolute Gasteiger partial charge is 0.222 e. The molecule has 6 rings (SSSR count). The Morgan fingerprint density at radius 3 is 1.53 bits per heavy atom. The Morgan fingerprint density at radius 2 is 1.08 bits per heavy atom. The van der Waals surface area contributed by atoms with Gasteiger partial charge in [-0.1, -0.05) is 10.3 Å². The molecule has 0 spiro atoms. The van der Waals surface area contributed by atoms with Crippen LogP contribution in [0.25, 0.3) is 4.85 Å². The van der Waals surface area contributed by atoms with Crippen molar-refractivity contribution in [1.82, 2.24) is 9.80 Å². The van der Waals surface area contributed by atoms with Gasteiger partial charge in [0.2, 0.25) is 5.69 Å². The highest BCUT2D eigenvalue weighted by atomic mass is 19.1. The Hall–Kier alpha value is -6.62. The lowest BCUT2D eigenvalue weighted by Crippen LogP contribution is -2.35. The van der Waals surface area contributed by atoms with E-state index in [0.29, 0.717) is 55.0 Å². The van der Waals surface area contributed by atoms with Crippen molar-refractivity contribution in [3.8, 4) is 29.1 Å². The first-order chi connectivity index (χ1) is 32.2. The van der Waals surface area contributed by atoms with E-state index in [-0.39, 0.29) is 22.9 Å². The average Bonchev–Trinajstić information content (AvgIpc) is 3.35. The van der Waals surface area contributed by atoms with Crippen LogP contribution in [0.5, 0.6) is 23.0 Å². The maximum atomic E-state index is 14.0. The van der Waals surface area contributed by atoms with Gasteiger partial charge in [0.25, 0.3) is 0 Å². The van der Waals surface area contributed by atoms with Crippen molar-refractivity contribution in [2.45, 2.75) is 64.2 Å². The molecule has 352 valence electrons. The third-order valence-corrected chi connectivity index (χ3v) is 11.8.